The van der Waals surface area contributed by atoms with Crippen LogP contribution in [-0.4, -0.2) is 46.5 Å². The summed E-state index contributed by atoms with van der Waals surface area (Å²) in [5.41, 5.74) is 2.09. The van der Waals surface area contributed by atoms with Gasteiger partial charge >= 0.3 is 5.97 Å². The number of carboxylic acid groups (broad SMARTS) is 1. The van der Waals surface area contributed by atoms with Crippen LogP contribution in [0.2, 0.25) is 0 Å². The fraction of sp³-hybridized carbons (Fsp3) is 0.421. The second-order valence-electron chi connectivity index (χ2n) is 6.58. The Labute approximate surface area is 156 Å². The van der Waals surface area contributed by atoms with Gasteiger partial charge in [0.2, 0.25) is 0 Å². The molecule has 1 aromatic carbocycles. The second kappa shape index (κ2) is 7.86. The number of amides is 1. The highest BCUT2D eigenvalue weighted by Gasteiger charge is 2.29. The van der Waals surface area contributed by atoms with Crippen molar-refractivity contribution in [2.45, 2.75) is 26.7 Å². The van der Waals surface area contributed by atoms with E-state index >= 15 is 0 Å². The summed E-state index contributed by atoms with van der Waals surface area (Å²) < 4.78 is 0. The number of hydrogen-bond donors (Lipinski definition) is 2. The van der Waals surface area contributed by atoms with Crippen molar-refractivity contribution in [3.05, 3.63) is 46.0 Å². The predicted molar refractivity (Wildman–Crippen MR) is 102 cm³/mol. The Kier molecular flexibility index (Phi) is 5.56. The van der Waals surface area contributed by atoms with Gasteiger partial charge in [-0.25, -0.2) is 9.78 Å². The minimum atomic E-state index is -0.910. The number of benzene rings is 1. The molecule has 0 spiro atoms. The van der Waals surface area contributed by atoms with Crippen molar-refractivity contribution in [3.63, 3.8) is 0 Å². The van der Waals surface area contributed by atoms with Gasteiger partial charge in [0.25, 0.3) is 5.91 Å². The Morgan fingerprint density at radius 1 is 1.42 bits per heavy atom. The van der Waals surface area contributed by atoms with E-state index in [4.69, 9.17) is 5.11 Å². The number of aryl methyl sites for hydroxylation is 1. The summed E-state index contributed by atoms with van der Waals surface area (Å²) in [5.74, 6) is -0.511. The maximum absolute atomic E-state index is 12.8. The van der Waals surface area contributed by atoms with Crippen molar-refractivity contribution in [2.24, 2.45) is 5.92 Å². The lowest BCUT2D eigenvalue weighted by molar-refractivity contribution is 0.0696. The van der Waals surface area contributed by atoms with Crippen molar-refractivity contribution in [1.29, 1.82) is 0 Å². The number of anilines is 1. The summed E-state index contributed by atoms with van der Waals surface area (Å²) in [6.45, 7) is 6.08. The minimum Gasteiger partial charge on any atom is -0.478 e. The molecule has 1 unspecified atom stereocenters. The van der Waals surface area contributed by atoms with Gasteiger partial charge < -0.3 is 15.3 Å². The first-order chi connectivity index (χ1) is 12.5. The van der Waals surface area contributed by atoms with Gasteiger partial charge in [-0.05, 0) is 50.3 Å². The Balaban J connectivity index is 1.64. The summed E-state index contributed by atoms with van der Waals surface area (Å²) >= 11 is 1.41. The predicted octanol–water partition coefficient (Wildman–Crippen LogP) is 3.29. The lowest BCUT2D eigenvalue weighted by Gasteiger charge is -2.16. The van der Waals surface area contributed by atoms with Crippen LogP contribution in [0.1, 0.15) is 44.6 Å². The topological polar surface area (TPSA) is 82.5 Å². The molecular weight excluding hydrogens is 350 g/mol. The zero-order chi connectivity index (χ0) is 18.7. The van der Waals surface area contributed by atoms with Crippen LogP contribution in [-0.2, 0) is 6.42 Å². The van der Waals surface area contributed by atoms with Crippen LogP contribution in [0.5, 0.6) is 0 Å². The molecule has 1 fully saturated rings. The highest BCUT2D eigenvalue weighted by atomic mass is 32.1. The summed E-state index contributed by atoms with van der Waals surface area (Å²) in [6, 6.07) is 7.06. The van der Waals surface area contributed by atoms with Crippen LogP contribution in [0.4, 0.5) is 5.13 Å². The van der Waals surface area contributed by atoms with Crippen LogP contribution in [0, 0.1) is 12.8 Å². The average Bonchev–Trinajstić information content (AvgIpc) is 3.21. The monoisotopic (exact) mass is 373 g/mol. The number of rotatable bonds is 6. The molecule has 138 valence electrons. The molecule has 0 radical (unpaired) electrons. The average molecular weight is 373 g/mol. The number of carbonyl (C=O) groups is 2. The Morgan fingerprint density at radius 3 is 2.96 bits per heavy atom. The van der Waals surface area contributed by atoms with Crippen molar-refractivity contribution in [2.75, 3.05) is 25.0 Å². The largest absolute Gasteiger partial charge is 0.478 e. The van der Waals surface area contributed by atoms with Gasteiger partial charge in [-0.15, -0.1) is 0 Å². The zero-order valence-electron chi connectivity index (χ0n) is 15.0. The first kappa shape index (κ1) is 18.4. The van der Waals surface area contributed by atoms with Crippen molar-refractivity contribution >= 4 is 28.3 Å². The van der Waals surface area contributed by atoms with Gasteiger partial charge in [-0.3, -0.25) is 4.79 Å². The number of hydrogen-bond acceptors (Lipinski definition) is 5. The number of aromatic carboxylic acids is 1. The maximum atomic E-state index is 12.8. The zero-order valence-corrected chi connectivity index (χ0v) is 15.8. The molecule has 1 aliphatic rings. The lowest BCUT2D eigenvalue weighted by atomic mass is 9.97. The first-order valence-electron chi connectivity index (χ1n) is 8.80. The first-order valence-corrected chi connectivity index (χ1v) is 9.62. The number of carboxylic acids is 1. The highest BCUT2D eigenvalue weighted by Crippen LogP contribution is 2.28. The SMILES string of the molecule is CCNc1nc(C)c(C(=O)N2CCC(Cc3cccc(C(=O)O)c3)C2)s1. The molecule has 0 saturated carbocycles. The molecule has 6 nitrogen and oxygen atoms in total. The third-order valence-electron chi connectivity index (χ3n) is 4.59. The van der Waals surface area contributed by atoms with Gasteiger partial charge in [0, 0.05) is 19.6 Å². The van der Waals surface area contributed by atoms with E-state index < -0.39 is 5.97 Å². The molecule has 1 aromatic heterocycles. The van der Waals surface area contributed by atoms with Crippen LogP contribution < -0.4 is 5.32 Å². The molecule has 1 saturated heterocycles. The number of carbonyl (C=O) groups excluding carboxylic acids is 1. The minimum absolute atomic E-state index is 0.0472. The Bertz CT molecular complexity index is 818. The highest BCUT2D eigenvalue weighted by molar-refractivity contribution is 7.17. The molecule has 2 N–H and O–H groups in total. The lowest BCUT2D eigenvalue weighted by Crippen LogP contribution is -2.28. The van der Waals surface area contributed by atoms with Crippen LogP contribution in [0.25, 0.3) is 0 Å². The standard InChI is InChI=1S/C19H23N3O3S/c1-3-20-19-21-12(2)16(26-19)17(23)22-8-7-14(11-22)9-13-5-4-6-15(10-13)18(24)25/h4-6,10,14H,3,7-9,11H2,1-2H3,(H,20,21)(H,24,25). The molecule has 1 atom stereocenters. The van der Waals surface area contributed by atoms with E-state index in [0.29, 0.717) is 22.9 Å². The molecule has 1 aliphatic heterocycles. The molecule has 3 rings (SSSR count). The van der Waals surface area contributed by atoms with E-state index in [-0.39, 0.29) is 5.91 Å². The quantitative estimate of drug-likeness (QED) is 0.812. The van der Waals surface area contributed by atoms with E-state index in [1.54, 1.807) is 18.2 Å². The second-order valence-corrected chi connectivity index (χ2v) is 7.58. The summed E-state index contributed by atoms with van der Waals surface area (Å²) in [4.78, 5) is 30.9. The Hall–Kier alpha value is -2.41. The molecular formula is C19H23N3O3S. The van der Waals surface area contributed by atoms with Gasteiger partial charge in [0.05, 0.1) is 11.3 Å². The molecule has 26 heavy (non-hydrogen) atoms. The van der Waals surface area contributed by atoms with Crippen molar-refractivity contribution in [1.82, 2.24) is 9.88 Å². The van der Waals surface area contributed by atoms with E-state index in [1.165, 1.54) is 11.3 Å². The van der Waals surface area contributed by atoms with E-state index in [2.05, 4.69) is 10.3 Å². The smallest absolute Gasteiger partial charge is 0.335 e. The van der Waals surface area contributed by atoms with Gasteiger partial charge in [0.15, 0.2) is 5.13 Å². The summed E-state index contributed by atoms with van der Waals surface area (Å²) in [7, 11) is 0. The van der Waals surface area contributed by atoms with Gasteiger partial charge in [-0.2, -0.15) is 0 Å². The fourth-order valence-electron chi connectivity index (χ4n) is 3.31. The molecule has 2 heterocycles. The number of nitrogens with one attached hydrogen (secondary N) is 1. The van der Waals surface area contributed by atoms with Crippen LogP contribution >= 0.6 is 11.3 Å². The Morgan fingerprint density at radius 2 is 2.23 bits per heavy atom. The third kappa shape index (κ3) is 4.04. The molecule has 7 heteroatoms. The number of nitrogens with zero attached hydrogens (tertiary/aromatic N) is 2. The summed E-state index contributed by atoms with van der Waals surface area (Å²) in [5, 5.41) is 13.1. The number of aromatic nitrogens is 1. The molecule has 1 amide bonds. The van der Waals surface area contributed by atoms with Crippen molar-refractivity contribution in [3.8, 4) is 0 Å². The molecule has 0 bridgehead atoms. The fourth-order valence-corrected chi connectivity index (χ4v) is 4.32. The van der Waals surface area contributed by atoms with Crippen molar-refractivity contribution < 1.29 is 14.7 Å². The van der Waals surface area contributed by atoms with Crippen LogP contribution in [0.3, 0.4) is 0 Å². The number of thiazole rings is 1. The van der Waals surface area contributed by atoms with Gasteiger partial charge in [0.1, 0.15) is 4.88 Å². The third-order valence-corrected chi connectivity index (χ3v) is 5.69. The van der Waals surface area contributed by atoms with E-state index in [0.717, 1.165) is 42.3 Å². The normalized spacial score (nSPS) is 16.7. The van der Waals surface area contributed by atoms with Crippen LogP contribution in [0.15, 0.2) is 24.3 Å². The van der Waals surface area contributed by atoms with E-state index in [1.807, 2.05) is 24.8 Å². The van der Waals surface area contributed by atoms with Gasteiger partial charge in [-0.1, -0.05) is 23.5 Å². The molecule has 0 aliphatic carbocycles. The van der Waals surface area contributed by atoms with E-state index in [9.17, 15) is 9.59 Å². The summed E-state index contributed by atoms with van der Waals surface area (Å²) in [6.07, 6.45) is 1.72. The molecule has 2 aromatic rings. The maximum Gasteiger partial charge on any atom is 0.335 e. The number of likely N-dealkylation sites (tertiary alicyclic amines) is 1.